The van der Waals surface area contributed by atoms with Crippen molar-refractivity contribution in [2.75, 3.05) is 5.32 Å². The molecule has 0 radical (unpaired) electrons. The van der Waals surface area contributed by atoms with Crippen LogP contribution in [0.5, 0.6) is 0 Å². The number of aromatic nitrogens is 3. The molecule has 4 aromatic heterocycles. The number of amides is 1. The van der Waals surface area contributed by atoms with E-state index in [0.29, 0.717) is 55.9 Å². The number of thiazole rings is 2. The second kappa shape index (κ2) is 9.40. The second-order valence-electron chi connectivity index (χ2n) is 8.64. The Morgan fingerprint density at radius 2 is 2.00 bits per heavy atom. The van der Waals surface area contributed by atoms with Crippen molar-refractivity contribution < 1.29 is 23.8 Å². The maximum atomic E-state index is 12.8. The van der Waals surface area contributed by atoms with Gasteiger partial charge in [-0.2, -0.15) is 0 Å². The number of hydrogen-bond acceptors (Lipinski definition) is 9. The molecule has 190 valence electrons. The first-order valence-corrected chi connectivity index (χ1v) is 13.5. The summed E-state index contributed by atoms with van der Waals surface area (Å²) < 4.78 is 12.2. The minimum absolute atomic E-state index is 0.191. The van der Waals surface area contributed by atoms with Gasteiger partial charge in [0.15, 0.2) is 10.7 Å². The van der Waals surface area contributed by atoms with E-state index in [0.717, 1.165) is 4.01 Å². The fraction of sp³-hybridized carbons (Fsp3) is 0.192. The molecule has 1 atom stereocenters. The van der Waals surface area contributed by atoms with Crippen molar-refractivity contribution in [1.82, 2.24) is 15.0 Å². The summed E-state index contributed by atoms with van der Waals surface area (Å²) in [5.41, 5.74) is 0.929. The number of nitrogens with zero attached hydrogens (tertiary/aromatic N) is 3. The van der Waals surface area contributed by atoms with Crippen molar-refractivity contribution in [2.45, 2.75) is 31.3 Å². The number of hydrogen-bond donors (Lipinski definition) is 2. The van der Waals surface area contributed by atoms with Crippen LogP contribution in [-0.2, 0) is 14.9 Å². The molecule has 1 amide bonds. The zero-order valence-electron chi connectivity index (χ0n) is 19.6. The molecular weight excluding hydrogens is 548 g/mol. The predicted molar refractivity (Wildman–Crippen MR) is 144 cm³/mol. The molecule has 1 fully saturated rings. The average molecular weight is 565 g/mol. The zero-order valence-corrected chi connectivity index (χ0v) is 22.0. The fourth-order valence-electron chi connectivity index (χ4n) is 3.96. The third-order valence-electron chi connectivity index (χ3n) is 6.15. The summed E-state index contributed by atoms with van der Waals surface area (Å²) in [7, 11) is 0. The van der Waals surface area contributed by atoms with Gasteiger partial charge in [-0.1, -0.05) is 41.1 Å². The van der Waals surface area contributed by atoms with E-state index in [1.54, 1.807) is 43.5 Å². The van der Waals surface area contributed by atoms with E-state index in [9.17, 15) is 14.7 Å². The van der Waals surface area contributed by atoms with E-state index < -0.39 is 23.6 Å². The monoisotopic (exact) mass is 564 g/mol. The van der Waals surface area contributed by atoms with Gasteiger partial charge >= 0.3 is 12.1 Å². The molecule has 1 aromatic carbocycles. The van der Waals surface area contributed by atoms with Crippen LogP contribution < -0.4 is 5.32 Å². The van der Waals surface area contributed by atoms with Gasteiger partial charge in [0, 0.05) is 16.8 Å². The van der Waals surface area contributed by atoms with Crippen molar-refractivity contribution in [2.24, 2.45) is 0 Å². The molecule has 0 saturated heterocycles. The highest BCUT2D eigenvalue weighted by Crippen LogP contribution is 2.51. The van der Waals surface area contributed by atoms with Gasteiger partial charge in [-0.3, -0.25) is 10.1 Å². The Labute approximate surface area is 228 Å². The van der Waals surface area contributed by atoms with E-state index in [2.05, 4.69) is 32.1 Å². The number of nitrogens with one attached hydrogen (secondary N) is 1. The van der Waals surface area contributed by atoms with E-state index in [1.807, 2.05) is 6.07 Å². The number of anilines is 1. The highest BCUT2D eigenvalue weighted by Gasteiger charge is 2.54. The summed E-state index contributed by atoms with van der Waals surface area (Å²) in [5, 5.41) is 14.4. The average Bonchev–Trinajstić information content (AvgIpc) is 3.32. The van der Waals surface area contributed by atoms with E-state index in [1.165, 1.54) is 22.7 Å². The van der Waals surface area contributed by atoms with Gasteiger partial charge in [0.2, 0.25) is 11.5 Å². The van der Waals surface area contributed by atoms with Gasteiger partial charge in [-0.15, -0.1) is 11.3 Å². The smallest absolute Gasteiger partial charge is 0.412 e. The summed E-state index contributed by atoms with van der Waals surface area (Å²) in [5.74, 6) is 5.23. The van der Waals surface area contributed by atoms with Gasteiger partial charge in [0.05, 0.1) is 5.39 Å². The lowest BCUT2D eigenvalue weighted by Gasteiger charge is -2.15. The van der Waals surface area contributed by atoms with Crippen LogP contribution in [0.15, 0.2) is 47.0 Å². The molecule has 5 aromatic rings. The first-order chi connectivity index (χ1) is 18.3. The van der Waals surface area contributed by atoms with Gasteiger partial charge < -0.3 is 14.3 Å². The van der Waals surface area contributed by atoms with Crippen LogP contribution in [0, 0.1) is 11.8 Å². The maximum Gasteiger partial charge on any atom is 0.412 e. The molecule has 1 unspecified atom stereocenters. The lowest BCUT2D eigenvalue weighted by atomic mass is 10.1. The Morgan fingerprint density at radius 1 is 1.18 bits per heavy atom. The number of halogens is 1. The third-order valence-corrected chi connectivity index (χ3v) is 8.79. The molecule has 1 saturated carbocycles. The van der Waals surface area contributed by atoms with Crippen LogP contribution in [0.4, 0.5) is 10.5 Å². The van der Waals surface area contributed by atoms with Crippen LogP contribution in [0.2, 0.25) is 5.02 Å². The summed E-state index contributed by atoms with van der Waals surface area (Å²) in [4.78, 5) is 37.5. The van der Waals surface area contributed by atoms with Crippen molar-refractivity contribution in [1.29, 1.82) is 0 Å². The molecular formula is C26H17ClN4O5S2. The number of pyridine rings is 1. The molecule has 9 nitrogen and oxygen atoms in total. The molecule has 2 N–H and O–H groups in total. The SMILES string of the molecule is CC(OC(=O)Nc1c(C#Cc2nc3nc(C4(C(=O)O)CC4)sc3s2)oc2ncccc12)c1ccccc1Cl. The molecule has 0 spiro atoms. The molecule has 4 heterocycles. The van der Waals surface area contributed by atoms with Gasteiger partial charge in [0.1, 0.15) is 26.2 Å². The number of carboxylic acids is 1. The lowest BCUT2D eigenvalue weighted by Crippen LogP contribution is -2.18. The second-order valence-corrected chi connectivity index (χ2v) is 11.3. The third kappa shape index (κ3) is 4.36. The zero-order chi connectivity index (χ0) is 26.4. The number of fused-ring (bicyclic) bond motifs is 2. The summed E-state index contributed by atoms with van der Waals surface area (Å²) >= 11 is 8.89. The lowest BCUT2D eigenvalue weighted by molar-refractivity contribution is -0.140. The van der Waals surface area contributed by atoms with Crippen molar-refractivity contribution in [3.63, 3.8) is 0 Å². The molecule has 0 bridgehead atoms. The van der Waals surface area contributed by atoms with Crippen LogP contribution >= 0.6 is 34.3 Å². The highest BCUT2D eigenvalue weighted by atomic mass is 35.5. The predicted octanol–water partition coefficient (Wildman–Crippen LogP) is 6.37. The summed E-state index contributed by atoms with van der Waals surface area (Å²) in [6.07, 6.45) is 1.46. The number of carboxylic acid groups (broad SMARTS) is 1. The minimum atomic E-state index is -0.864. The largest absolute Gasteiger partial charge is 0.481 e. The molecule has 38 heavy (non-hydrogen) atoms. The summed E-state index contributed by atoms with van der Waals surface area (Å²) in [6, 6.07) is 10.6. The topological polar surface area (TPSA) is 127 Å². The Hall–Kier alpha value is -3.98. The van der Waals surface area contributed by atoms with Gasteiger partial charge in [0.25, 0.3) is 0 Å². The normalized spacial score (nSPS) is 14.6. The quantitative estimate of drug-likeness (QED) is 0.236. The number of benzene rings is 1. The van der Waals surface area contributed by atoms with E-state index >= 15 is 0 Å². The minimum Gasteiger partial charge on any atom is -0.481 e. The molecule has 1 aliphatic carbocycles. The molecule has 0 aliphatic heterocycles. The fourth-order valence-corrected chi connectivity index (χ4v) is 6.46. The Bertz CT molecular complexity index is 1760. The number of ether oxygens (including phenoxy) is 1. The van der Waals surface area contributed by atoms with Gasteiger partial charge in [-0.25, -0.2) is 19.7 Å². The first-order valence-electron chi connectivity index (χ1n) is 11.5. The Balaban J connectivity index is 1.26. The summed E-state index contributed by atoms with van der Waals surface area (Å²) in [6.45, 7) is 1.73. The number of rotatable bonds is 5. The maximum absolute atomic E-state index is 12.8. The first kappa shape index (κ1) is 24.4. The number of carbonyl (C=O) groups excluding carboxylic acids is 1. The molecule has 6 rings (SSSR count). The highest BCUT2D eigenvalue weighted by molar-refractivity contribution is 7.38. The van der Waals surface area contributed by atoms with Crippen molar-refractivity contribution in [3.05, 3.63) is 69.0 Å². The molecule has 1 aliphatic rings. The van der Waals surface area contributed by atoms with Crippen LogP contribution in [0.3, 0.4) is 0 Å². The Morgan fingerprint density at radius 3 is 2.74 bits per heavy atom. The van der Waals surface area contributed by atoms with Crippen molar-refractivity contribution >= 4 is 72.8 Å². The number of carbonyl (C=O) groups is 2. The number of furan rings is 1. The van der Waals surface area contributed by atoms with Crippen LogP contribution in [0.25, 0.3) is 20.8 Å². The van der Waals surface area contributed by atoms with E-state index in [4.69, 9.17) is 20.8 Å². The molecule has 12 heteroatoms. The van der Waals surface area contributed by atoms with Crippen molar-refractivity contribution in [3.8, 4) is 11.8 Å². The van der Waals surface area contributed by atoms with Gasteiger partial charge in [-0.05, 0) is 49.8 Å². The van der Waals surface area contributed by atoms with Crippen LogP contribution in [-0.4, -0.2) is 32.1 Å². The van der Waals surface area contributed by atoms with Crippen LogP contribution in [0.1, 0.15) is 47.2 Å². The van der Waals surface area contributed by atoms with E-state index in [-0.39, 0.29) is 5.76 Å². The Kier molecular flexibility index (Phi) is 6.03. The number of aliphatic carboxylic acids is 1. The standard InChI is InChI=1S/C26H17ClN4O5S2/c1-13(14-5-2-3-7-16(14)27)35-25(34)30-19-15-6-4-12-28-21(15)36-17(19)8-9-18-29-20-22(37-18)38-23(31-20)26(10-11-26)24(32)33/h2-7,12-13H,10-11H2,1H3,(H,30,34)(H,32,33).